The Hall–Kier alpha value is -4.70. The van der Waals surface area contributed by atoms with Crippen molar-refractivity contribution in [2.75, 3.05) is 21.3 Å². The van der Waals surface area contributed by atoms with Gasteiger partial charge in [0.1, 0.15) is 0 Å². The fraction of sp³-hybridized carbons (Fsp3) is 0.143. The molecule has 0 amide bonds. The van der Waals surface area contributed by atoms with Crippen molar-refractivity contribution in [2.45, 2.75) is 6.54 Å². The van der Waals surface area contributed by atoms with Gasteiger partial charge in [-0.1, -0.05) is 47.7 Å². The van der Waals surface area contributed by atoms with Crippen molar-refractivity contribution >= 4 is 34.7 Å². The van der Waals surface area contributed by atoms with E-state index in [2.05, 4.69) is 9.98 Å². The summed E-state index contributed by atoms with van der Waals surface area (Å²) in [6, 6.07) is 17.6. The Kier molecular flexibility index (Phi) is 6.80. The molecule has 0 radical (unpaired) electrons. The van der Waals surface area contributed by atoms with Crippen molar-refractivity contribution in [1.82, 2.24) is 4.57 Å². The largest absolute Gasteiger partial charge is 0.493 e. The Morgan fingerprint density at radius 2 is 1.68 bits per heavy atom. The molecule has 192 valence electrons. The van der Waals surface area contributed by atoms with Crippen LogP contribution in [0, 0.1) is 0 Å². The first-order chi connectivity index (χ1) is 18.4. The number of carbonyl (C=O) groups is 1. The van der Waals surface area contributed by atoms with Gasteiger partial charge in [-0.15, -0.1) is 0 Å². The molecule has 0 spiro atoms. The number of fused-ring (bicyclic) bond motifs is 1. The lowest BCUT2D eigenvalue weighted by Crippen LogP contribution is -2.18. The van der Waals surface area contributed by atoms with Gasteiger partial charge >= 0.3 is 4.87 Å². The number of ketones is 1. The van der Waals surface area contributed by atoms with Gasteiger partial charge < -0.3 is 19.3 Å². The minimum atomic E-state index is -0.420. The van der Waals surface area contributed by atoms with Crippen LogP contribution in [0.3, 0.4) is 0 Å². The van der Waals surface area contributed by atoms with Crippen molar-refractivity contribution in [1.29, 1.82) is 0 Å². The van der Waals surface area contributed by atoms with Crippen LogP contribution in [0.4, 0.5) is 5.69 Å². The first-order valence-corrected chi connectivity index (χ1v) is 12.3. The summed E-state index contributed by atoms with van der Waals surface area (Å²) < 4.78 is 17.3. The highest BCUT2D eigenvalue weighted by Crippen LogP contribution is 2.38. The van der Waals surface area contributed by atoms with Crippen LogP contribution in [0.2, 0.25) is 0 Å². The maximum absolute atomic E-state index is 12.6. The molecule has 0 unspecified atom stereocenters. The smallest absolute Gasteiger partial charge is 0.311 e. The molecule has 3 aromatic carbocycles. The van der Waals surface area contributed by atoms with Gasteiger partial charge in [-0.25, -0.2) is 9.98 Å². The first kappa shape index (κ1) is 25.0. The van der Waals surface area contributed by atoms with E-state index in [9.17, 15) is 14.7 Å². The lowest BCUT2D eigenvalue weighted by atomic mass is 10.1. The average molecular weight is 530 g/mol. The molecule has 4 aromatic rings. The van der Waals surface area contributed by atoms with E-state index in [0.717, 1.165) is 15.9 Å². The highest BCUT2D eigenvalue weighted by atomic mass is 32.1. The topological polar surface area (TPSA) is 112 Å². The summed E-state index contributed by atoms with van der Waals surface area (Å²) in [7, 11) is 4.62. The number of thiazole rings is 1. The van der Waals surface area contributed by atoms with Gasteiger partial charge in [0.25, 0.3) is 0 Å². The number of aromatic nitrogens is 1. The van der Waals surface area contributed by atoms with Crippen LogP contribution < -0.4 is 29.7 Å². The van der Waals surface area contributed by atoms with Crippen LogP contribution in [-0.4, -0.2) is 42.6 Å². The Morgan fingerprint density at radius 1 is 0.974 bits per heavy atom. The van der Waals surface area contributed by atoms with E-state index < -0.39 is 4.87 Å². The molecule has 1 aromatic heterocycles. The number of methoxy groups -OCH3 is 3. The lowest BCUT2D eigenvalue weighted by molar-refractivity contribution is 0.0968. The number of aromatic hydroxyl groups is 1. The van der Waals surface area contributed by atoms with Gasteiger partial charge in [0.05, 0.1) is 43.8 Å². The molecule has 9 nitrogen and oxygen atoms in total. The number of hydrogen-bond donors (Lipinski definition) is 1. The number of rotatable bonds is 8. The fourth-order valence-electron chi connectivity index (χ4n) is 4.06. The minimum absolute atomic E-state index is 0.246. The molecular formula is C28H23N3O6S. The van der Waals surface area contributed by atoms with E-state index in [1.54, 1.807) is 62.8 Å². The van der Waals surface area contributed by atoms with Crippen molar-refractivity contribution in [2.24, 2.45) is 9.98 Å². The molecule has 0 aliphatic carbocycles. The molecular weight excluding hydrogens is 506 g/mol. The fourth-order valence-corrected chi connectivity index (χ4v) is 4.91. The van der Waals surface area contributed by atoms with Crippen LogP contribution in [0.25, 0.3) is 6.08 Å². The number of Topliss-reactive ketones (excluding diaryl/α,β-unsaturated/α-hetero) is 1. The Bertz CT molecular complexity index is 1730. The molecule has 0 bridgehead atoms. The van der Waals surface area contributed by atoms with Gasteiger partial charge in [0.2, 0.25) is 11.6 Å². The minimum Gasteiger partial charge on any atom is -0.493 e. The van der Waals surface area contributed by atoms with Crippen LogP contribution in [0.5, 0.6) is 23.1 Å². The molecule has 5 rings (SSSR count). The van der Waals surface area contributed by atoms with Gasteiger partial charge in [-0.2, -0.15) is 0 Å². The summed E-state index contributed by atoms with van der Waals surface area (Å²) in [5, 5.41) is 12.1. The SMILES string of the molecule is COc1cc(C2=Nc3cc(=Cc4sc(=O)n(CC(=O)c5ccccc5)c4O)ccc3=N2)cc(OC)c1OC. The molecule has 2 heterocycles. The maximum atomic E-state index is 12.6. The predicted octanol–water partition coefficient (Wildman–Crippen LogP) is 3.06. The van der Waals surface area contributed by atoms with E-state index in [1.165, 1.54) is 7.11 Å². The Morgan fingerprint density at radius 3 is 2.34 bits per heavy atom. The second-order valence-electron chi connectivity index (χ2n) is 8.28. The quantitative estimate of drug-likeness (QED) is 0.351. The summed E-state index contributed by atoms with van der Waals surface area (Å²) >= 11 is 0.866. The molecule has 0 saturated carbocycles. The number of benzene rings is 3. The zero-order chi connectivity index (χ0) is 26.8. The molecule has 1 aliphatic heterocycles. The second kappa shape index (κ2) is 10.3. The van der Waals surface area contributed by atoms with Gasteiger partial charge in [0, 0.05) is 11.1 Å². The third kappa shape index (κ3) is 4.69. The lowest BCUT2D eigenvalue weighted by Gasteiger charge is -2.13. The number of hydrogen-bond acceptors (Lipinski definition) is 9. The van der Waals surface area contributed by atoms with Crippen LogP contribution in [0.15, 0.2) is 75.4 Å². The monoisotopic (exact) mass is 529 g/mol. The Balaban J connectivity index is 1.46. The van der Waals surface area contributed by atoms with Crippen molar-refractivity contribution in [3.8, 4) is 23.1 Å². The standard InChI is InChI=1S/C28H23N3O6S/c1-35-22-13-18(14-23(36-2)25(22)37-3)26-29-19-10-9-16(11-20(19)30-26)12-24-27(33)31(28(34)38-24)15-21(32)17-7-5-4-6-8-17/h4-14,33H,15H2,1-3H3. The predicted molar refractivity (Wildman–Crippen MR) is 144 cm³/mol. The molecule has 0 fully saturated rings. The summed E-state index contributed by atoms with van der Waals surface area (Å²) in [4.78, 5) is 34.3. The van der Waals surface area contributed by atoms with Gasteiger partial charge in [0.15, 0.2) is 23.1 Å². The third-order valence-electron chi connectivity index (χ3n) is 5.96. The average Bonchev–Trinajstić information content (AvgIpc) is 3.48. The van der Waals surface area contributed by atoms with E-state index in [1.807, 2.05) is 18.2 Å². The van der Waals surface area contributed by atoms with Crippen molar-refractivity contribution < 1.29 is 24.1 Å². The normalized spacial score (nSPS) is 12.5. The van der Waals surface area contributed by atoms with E-state index in [0.29, 0.717) is 55.4 Å². The molecule has 1 N–H and O–H groups in total. The first-order valence-electron chi connectivity index (χ1n) is 11.5. The van der Waals surface area contributed by atoms with E-state index in [-0.39, 0.29) is 18.2 Å². The maximum Gasteiger partial charge on any atom is 0.311 e. The highest BCUT2D eigenvalue weighted by molar-refractivity contribution is 7.10. The second-order valence-corrected chi connectivity index (χ2v) is 9.28. The van der Waals surface area contributed by atoms with Gasteiger partial charge in [-0.3, -0.25) is 14.2 Å². The summed E-state index contributed by atoms with van der Waals surface area (Å²) in [6.45, 7) is -0.246. The van der Waals surface area contributed by atoms with Crippen LogP contribution in [-0.2, 0) is 6.54 Å². The number of nitrogens with zero attached hydrogens (tertiary/aromatic N) is 3. The zero-order valence-electron chi connectivity index (χ0n) is 20.8. The van der Waals surface area contributed by atoms with Crippen molar-refractivity contribution in [3.05, 3.63) is 96.9 Å². The zero-order valence-corrected chi connectivity index (χ0v) is 21.6. The highest BCUT2D eigenvalue weighted by Gasteiger charge is 2.19. The van der Waals surface area contributed by atoms with Crippen molar-refractivity contribution in [3.63, 3.8) is 0 Å². The number of amidine groups is 1. The van der Waals surface area contributed by atoms with E-state index in [4.69, 9.17) is 14.2 Å². The van der Waals surface area contributed by atoms with Crippen LogP contribution in [0.1, 0.15) is 20.8 Å². The molecule has 0 atom stereocenters. The summed E-state index contributed by atoms with van der Waals surface area (Å²) in [5.41, 5.74) is 1.80. The Labute approximate surface area is 221 Å². The third-order valence-corrected chi connectivity index (χ3v) is 6.88. The number of aliphatic imine (C=N–C) groups is 1. The number of carbonyl (C=O) groups excluding carboxylic acids is 1. The summed E-state index contributed by atoms with van der Waals surface area (Å²) in [6.07, 6.45) is 1.68. The molecule has 1 aliphatic rings. The van der Waals surface area contributed by atoms with Crippen LogP contribution >= 0.6 is 11.3 Å². The van der Waals surface area contributed by atoms with Gasteiger partial charge in [-0.05, 0) is 35.6 Å². The summed E-state index contributed by atoms with van der Waals surface area (Å²) in [5.74, 6) is 1.42. The molecule has 10 heteroatoms. The molecule has 38 heavy (non-hydrogen) atoms. The number of ether oxygens (including phenoxy) is 3. The van der Waals surface area contributed by atoms with E-state index >= 15 is 0 Å². The molecule has 0 saturated heterocycles.